The fourth-order valence-corrected chi connectivity index (χ4v) is 2.93. The van der Waals surface area contributed by atoms with Crippen LogP contribution in [-0.4, -0.2) is 41.2 Å². The Morgan fingerprint density at radius 3 is 2.48 bits per heavy atom. The molecule has 0 aliphatic carbocycles. The van der Waals surface area contributed by atoms with Crippen LogP contribution in [0.25, 0.3) is 0 Å². The van der Waals surface area contributed by atoms with Gasteiger partial charge in [0.1, 0.15) is 11.6 Å². The van der Waals surface area contributed by atoms with Gasteiger partial charge in [0.05, 0.1) is 0 Å². The van der Waals surface area contributed by atoms with E-state index in [9.17, 15) is 4.39 Å². The van der Waals surface area contributed by atoms with Crippen molar-refractivity contribution in [2.45, 2.75) is 0 Å². The van der Waals surface area contributed by atoms with E-state index in [1.165, 1.54) is 12.1 Å². The molecular formula is C16H16ClFN4S. The molecule has 1 saturated heterocycles. The zero-order valence-corrected chi connectivity index (χ0v) is 13.9. The van der Waals surface area contributed by atoms with Gasteiger partial charge in [-0.05, 0) is 48.6 Å². The van der Waals surface area contributed by atoms with E-state index >= 15 is 0 Å². The molecule has 3 rings (SSSR count). The molecule has 0 atom stereocenters. The summed E-state index contributed by atoms with van der Waals surface area (Å²) in [5.74, 6) is 0.426. The summed E-state index contributed by atoms with van der Waals surface area (Å²) in [7, 11) is 0. The van der Waals surface area contributed by atoms with Gasteiger partial charge in [0.25, 0.3) is 0 Å². The van der Waals surface area contributed by atoms with Crippen LogP contribution in [-0.2, 0) is 0 Å². The molecule has 2 heterocycles. The first-order chi connectivity index (χ1) is 11.1. The van der Waals surface area contributed by atoms with Crippen LogP contribution in [0.15, 0.2) is 42.6 Å². The van der Waals surface area contributed by atoms with Gasteiger partial charge < -0.3 is 15.1 Å². The molecule has 1 aromatic carbocycles. The van der Waals surface area contributed by atoms with E-state index in [1.807, 2.05) is 0 Å². The van der Waals surface area contributed by atoms with Crippen molar-refractivity contribution in [2.24, 2.45) is 0 Å². The lowest BCUT2D eigenvalue weighted by Gasteiger charge is -2.37. The summed E-state index contributed by atoms with van der Waals surface area (Å²) < 4.78 is 13.0. The zero-order chi connectivity index (χ0) is 16.2. The normalized spacial score (nSPS) is 14.7. The quantitative estimate of drug-likeness (QED) is 0.839. The van der Waals surface area contributed by atoms with E-state index in [0.717, 1.165) is 31.9 Å². The van der Waals surface area contributed by atoms with Gasteiger partial charge in [0.2, 0.25) is 0 Å². The van der Waals surface area contributed by atoms with Crippen molar-refractivity contribution in [1.82, 2.24) is 9.88 Å². The van der Waals surface area contributed by atoms with Crippen LogP contribution in [0, 0.1) is 5.82 Å². The van der Waals surface area contributed by atoms with Gasteiger partial charge in [0, 0.05) is 43.1 Å². The van der Waals surface area contributed by atoms with Crippen molar-refractivity contribution in [3.05, 3.63) is 53.4 Å². The molecule has 0 radical (unpaired) electrons. The number of hydrogen-bond donors (Lipinski definition) is 1. The summed E-state index contributed by atoms with van der Waals surface area (Å²) in [6.45, 7) is 3.25. The number of piperazine rings is 1. The summed E-state index contributed by atoms with van der Waals surface area (Å²) in [4.78, 5) is 8.50. The molecule has 2 aromatic rings. The zero-order valence-electron chi connectivity index (χ0n) is 12.4. The van der Waals surface area contributed by atoms with E-state index in [0.29, 0.717) is 16.0 Å². The van der Waals surface area contributed by atoms with Crippen LogP contribution in [0.2, 0.25) is 5.02 Å². The van der Waals surface area contributed by atoms with Crippen LogP contribution in [0.4, 0.5) is 15.9 Å². The molecule has 0 saturated carbocycles. The lowest BCUT2D eigenvalue weighted by atomic mass is 10.2. The van der Waals surface area contributed by atoms with Crippen molar-refractivity contribution < 1.29 is 4.39 Å². The molecule has 0 unspecified atom stereocenters. The van der Waals surface area contributed by atoms with Gasteiger partial charge in [-0.3, -0.25) is 0 Å². The minimum atomic E-state index is -0.216. The third-order valence-corrected chi connectivity index (χ3v) is 4.31. The van der Waals surface area contributed by atoms with Crippen molar-refractivity contribution in [3.63, 3.8) is 0 Å². The first-order valence-corrected chi connectivity index (χ1v) is 8.08. The Kier molecular flexibility index (Phi) is 4.93. The van der Waals surface area contributed by atoms with Crippen LogP contribution in [0.3, 0.4) is 0 Å². The Morgan fingerprint density at radius 1 is 1.13 bits per heavy atom. The third kappa shape index (κ3) is 4.09. The van der Waals surface area contributed by atoms with Gasteiger partial charge in [0.15, 0.2) is 5.11 Å². The minimum absolute atomic E-state index is 0.216. The summed E-state index contributed by atoms with van der Waals surface area (Å²) in [6, 6.07) is 10.0. The highest BCUT2D eigenvalue weighted by molar-refractivity contribution is 7.80. The lowest BCUT2D eigenvalue weighted by molar-refractivity contribution is 0.391. The average molecular weight is 351 g/mol. The second-order valence-corrected chi connectivity index (χ2v) is 6.06. The topological polar surface area (TPSA) is 31.4 Å². The van der Waals surface area contributed by atoms with E-state index < -0.39 is 0 Å². The maximum absolute atomic E-state index is 13.0. The number of pyridine rings is 1. The first-order valence-electron chi connectivity index (χ1n) is 7.30. The fraction of sp³-hybridized carbons (Fsp3) is 0.250. The second kappa shape index (κ2) is 7.10. The molecule has 7 heteroatoms. The van der Waals surface area contributed by atoms with Crippen LogP contribution in [0.5, 0.6) is 0 Å². The molecule has 1 aliphatic heterocycles. The summed E-state index contributed by atoms with van der Waals surface area (Å²) in [6.07, 6.45) is 1.64. The first kappa shape index (κ1) is 16.0. The Balaban J connectivity index is 1.56. The third-order valence-electron chi connectivity index (χ3n) is 3.72. The molecule has 1 aromatic heterocycles. The number of hydrogen-bond acceptors (Lipinski definition) is 3. The van der Waals surface area contributed by atoms with Crippen molar-refractivity contribution in [3.8, 4) is 0 Å². The highest BCUT2D eigenvalue weighted by Gasteiger charge is 2.19. The molecular weight excluding hydrogens is 335 g/mol. The number of anilines is 2. The van der Waals surface area contributed by atoms with E-state index in [1.54, 1.807) is 30.5 Å². The number of nitrogens with one attached hydrogen (secondary N) is 1. The Morgan fingerprint density at radius 2 is 1.83 bits per heavy atom. The molecule has 4 nitrogen and oxygen atoms in total. The Hall–Kier alpha value is -1.92. The predicted octanol–water partition coefficient (Wildman–Crippen LogP) is 3.39. The maximum Gasteiger partial charge on any atom is 0.174 e. The van der Waals surface area contributed by atoms with E-state index in [-0.39, 0.29) is 5.82 Å². The molecule has 120 valence electrons. The van der Waals surface area contributed by atoms with Crippen molar-refractivity contribution in [1.29, 1.82) is 0 Å². The molecule has 0 spiro atoms. The summed E-state index contributed by atoms with van der Waals surface area (Å²) >= 11 is 11.4. The largest absolute Gasteiger partial charge is 0.368 e. The molecule has 1 N–H and O–H groups in total. The number of rotatable bonds is 2. The summed E-state index contributed by atoms with van der Waals surface area (Å²) in [5.41, 5.74) is 1.03. The standard InChI is InChI=1S/C16H16ClFN4S/c17-12-5-6-19-15(11-12)20-16(23)22-9-7-21(8-10-22)14-3-1-13(18)2-4-14/h1-6,11H,7-10H2,(H,19,20,23). The van der Waals surface area contributed by atoms with Gasteiger partial charge in [-0.15, -0.1) is 0 Å². The van der Waals surface area contributed by atoms with Crippen molar-refractivity contribution >= 4 is 40.4 Å². The van der Waals surface area contributed by atoms with E-state index in [2.05, 4.69) is 20.1 Å². The average Bonchev–Trinajstić information content (AvgIpc) is 2.56. The van der Waals surface area contributed by atoms with Crippen molar-refractivity contribution in [2.75, 3.05) is 36.4 Å². The molecule has 0 amide bonds. The monoisotopic (exact) mass is 350 g/mol. The predicted molar refractivity (Wildman–Crippen MR) is 95.7 cm³/mol. The van der Waals surface area contributed by atoms with E-state index in [4.69, 9.17) is 23.8 Å². The molecule has 23 heavy (non-hydrogen) atoms. The Labute approximate surface area is 144 Å². The molecule has 1 aliphatic rings. The van der Waals surface area contributed by atoms with Gasteiger partial charge >= 0.3 is 0 Å². The van der Waals surface area contributed by atoms with Crippen LogP contribution < -0.4 is 10.2 Å². The number of nitrogens with zero attached hydrogens (tertiary/aromatic N) is 3. The number of aromatic nitrogens is 1. The number of halogens is 2. The van der Waals surface area contributed by atoms with Gasteiger partial charge in [-0.1, -0.05) is 11.6 Å². The number of benzene rings is 1. The number of thiocarbonyl (C=S) groups is 1. The lowest BCUT2D eigenvalue weighted by Crippen LogP contribution is -2.50. The Bertz CT molecular complexity index is 687. The minimum Gasteiger partial charge on any atom is -0.368 e. The summed E-state index contributed by atoms with van der Waals surface area (Å²) in [5, 5.41) is 4.36. The smallest absolute Gasteiger partial charge is 0.174 e. The second-order valence-electron chi connectivity index (χ2n) is 5.24. The SMILES string of the molecule is Fc1ccc(N2CCN(C(=S)Nc3cc(Cl)ccn3)CC2)cc1. The maximum atomic E-state index is 13.0. The van der Waals surface area contributed by atoms with Gasteiger partial charge in [-0.2, -0.15) is 0 Å². The van der Waals surface area contributed by atoms with Crippen LogP contribution >= 0.6 is 23.8 Å². The highest BCUT2D eigenvalue weighted by atomic mass is 35.5. The van der Waals surface area contributed by atoms with Crippen LogP contribution in [0.1, 0.15) is 0 Å². The fourth-order valence-electron chi connectivity index (χ4n) is 2.48. The highest BCUT2D eigenvalue weighted by Crippen LogP contribution is 2.18. The molecule has 0 bridgehead atoms. The van der Waals surface area contributed by atoms with Gasteiger partial charge in [-0.25, -0.2) is 9.37 Å². The molecule has 1 fully saturated rings.